The first-order chi connectivity index (χ1) is 12.0. The summed E-state index contributed by atoms with van der Waals surface area (Å²) >= 11 is 0. The molecule has 0 spiro atoms. The molecular weight excluding hydrogens is 336 g/mol. The van der Waals surface area contributed by atoms with Crippen LogP contribution < -0.4 is 5.63 Å². The summed E-state index contributed by atoms with van der Waals surface area (Å²) in [5, 5.41) is 2.38. The lowest BCUT2D eigenvalue weighted by molar-refractivity contribution is 0.533. The van der Waals surface area contributed by atoms with Crippen LogP contribution in [0.3, 0.4) is 0 Å². The van der Waals surface area contributed by atoms with E-state index in [1.54, 1.807) is 18.2 Å². The highest BCUT2D eigenvalue weighted by Crippen LogP contribution is 2.27. The third kappa shape index (κ3) is 2.53. The number of fused-ring (bicyclic) bond motifs is 3. The highest BCUT2D eigenvalue weighted by atomic mass is 32.2. The molecule has 0 aliphatic carbocycles. The highest BCUT2D eigenvalue weighted by Gasteiger charge is 2.23. The number of hydrogen-bond donors (Lipinski definition) is 0. The minimum atomic E-state index is -3.95. The lowest BCUT2D eigenvalue weighted by Gasteiger charge is -2.07. The van der Waals surface area contributed by atoms with Crippen molar-refractivity contribution < 1.29 is 12.8 Å². The van der Waals surface area contributed by atoms with Crippen LogP contribution in [-0.4, -0.2) is 8.42 Å². The van der Waals surface area contributed by atoms with E-state index < -0.39 is 15.5 Å². The smallest absolute Gasteiger partial charge is 0.355 e. The van der Waals surface area contributed by atoms with Gasteiger partial charge in [0.15, 0.2) is 4.90 Å². The summed E-state index contributed by atoms with van der Waals surface area (Å²) in [4.78, 5) is 12.0. The third-order valence-electron chi connectivity index (χ3n) is 4.23. The van der Waals surface area contributed by atoms with Crippen molar-refractivity contribution >= 4 is 31.6 Å². The molecule has 4 rings (SSSR count). The van der Waals surface area contributed by atoms with E-state index in [-0.39, 0.29) is 9.79 Å². The van der Waals surface area contributed by atoms with Crippen LogP contribution in [0.15, 0.2) is 85.7 Å². The van der Waals surface area contributed by atoms with Gasteiger partial charge in [-0.1, -0.05) is 48.0 Å². The topological polar surface area (TPSA) is 64.3 Å². The summed E-state index contributed by atoms with van der Waals surface area (Å²) in [6, 6.07) is 18.9. The van der Waals surface area contributed by atoms with Crippen molar-refractivity contribution in [1.82, 2.24) is 0 Å². The molecule has 0 aliphatic heterocycles. The van der Waals surface area contributed by atoms with Crippen LogP contribution in [0.4, 0.5) is 0 Å². The first-order valence-electron chi connectivity index (χ1n) is 7.74. The first kappa shape index (κ1) is 15.6. The van der Waals surface area contributed by atoms with E-state index in [9.17, 15) is 13.2 Å². The summed E-state index contributed by atoms with van der Waals surface area (Å²) in [6.45, 7) is 1.87. The molecule has 1 heterocycles. The van der Waals surface area contributed by atoms with Gasteiger partial charge in [0, 0.05) is 5.39 Å². The van der Waals surface area contributed by atoms with E-state index in [0.29, 0.717) is 11.0 Å². The van der Waals surface area contributed by atoms with Crippen molar-refractivity contribution in [3.05, 3.63) is 82.7 Å². The summed E-state index contributed by atoms with van der Waals surface area (Å²) in [5.74, 6) is 0. The first-order valence-corrected chi connectivity index (χ1v) is 9.22. The fourth-order valence-electron chi connectivity index (χ4n) is 2.89. The molecule has 0 atom stereocenters. The van der Waals surface area contributed by atoms with Gasteiger partial charge in [-0.2, -0.15) is 0 Å². The number of hydrogen-bond acceptors (Lipinski definition) is 4. The van der Waals surface area contributed by atoms with Crippen molar-refractivity contribution in [3.63, 3.8) is 0 Å². The summed E-state index contributed by atoms with van der Waals surface area (Å²) in [6.07, 6.45) is 0. The molecule has 25 heavy (non-hydrogen) atoms. The third-order valence-corrected chi connectivity index (χ3v) is 5.99. The van der Waals surface area contributed by atoms with E-state index in [0.717, 1.165) is 16.3 Å². The lowest BCUT2D eigenvalue weighted by Crippen LogP contribution is -2.14. The zero-order chi connectivity index (χ0) is 17.6. The number of rotatable bonds is 2. The van der Waals surface area contributed by atoms with E-state index in [4.69, 9.17) is 4.42 Å². The Balaban J connectivity index is 2.04. The van der Waals surface area contributed by atoms with Gasteiger partial charge in [-0.25, -0.2) is 13.2 Å². The fourth-order valence-corrected chi connectivity index (χ4v) is 4.17. The second-order valence-corrected chi connectivity index (χ2v) is 7.83. The monoisotopic (exact) mass is 350 g/mol. The zero-order valence-electron chi connectivity index (χ0n) is 13.4. The van der Waals surface area contributed by atoms with Gasteiger partial charge in [-0.15, -0.1) is 0 Å². The molecular formula is C20H14O4S. The standard InChI is InChI=1S/C20H14O4S/c1-13-6-9-15(10-7-13)25(22,23)19-12-17-16-5-3-2-4-14(16)8-11-18(17)24-20(19)21/h2-12H,1H3. The van der Waals surface area contributed by atoms with Crippen LogP contribution >= 0.6 is 0 Å². The molecule has 0 aliphatic rings. The Kier molecular flexibility index (Phi) is 3.47. The van der Waals surface area contributed by atoms with Crippen LogP contribution in [0.1, 0.15) is 5.56 Å². The average molecular weight is 350 g/mol. The molecule has 4 nitrogen and oxygen atoms in total. The van der Waals surface area contributed by atoms with Gasteiger partial charge in [0.05, 0.1) is 4.90 Å². The predicted octanol–water partition coefficient (Wildman–Crippen LogP) is 4.09. The lowest BCUT2D eigenvalue weighted by atomic mass is 10.1. The second kappa shape index (κ2) is 5.57. The van der Waals surface area contributed by atoms with Gasteiger partial charge in [0.2, 0.25) is 9.84 Å². The molecule has 0 saturated carbocycles. The van der Waals surface area contributed by atoms with Gasteiger partial charge in [0.25, 0.3) is 0 Å². The van der Waals surface area contributed by atoms with Crippen LogP contribution in [0.25, 0.3) is 21.7 Å². The van der Waals surface area contributed by atoms with Crippen molar-refractivity contribution in [2.24, 2.45) is 0 Å². The molecule has 0 fully saturated rings. The van der Waals surface area contributed by atoms with Crippen molar-refractivity contribution in [2.75, 3.05) is 0 Å². The number of benzene rings is 3. The minimum absolute atomic E-state index is 0.0741. The average Bonchev–Trinajstić information content (AvgIpc) is 2.61. The molecule has 124 valence electrons. The van der Waals surface area contributed by atoms with Crippen LogP contribution in [0.5, 0.6) is 0 Å². The molecule has 1 aromatic heterocycles. The summed E-state index contributed by atoms with van der Waals surface area (Å²) in [7, 11) is -3.95. The Morgan fingerprint density at radius 2 is 1.56 bits per heavy atom. The molecule has 0 amide bonds. The van der Waals surface area contributed by atoms with E-state index in [2.05, 4.69) is 0 Å². The summed E-state index contributed by atoms with van der Waals surface area (Å²) < 4.78 is 31.1. The number of aryl methyl sites for hydroxylation is 1. The second-order valence-electron chi connectivity index (χ2n) is 5.91. The van der Waals surface area contributed by atoms with E-state index >= 15 is 0 Å². The molecule has 0 saturated heterocycles. The molecule has 0 bridgehead atoms. The number of sulfone groups is 1. The van der Waals surface area contributed by atoms with E-state index in [1.165, 1.54) is 18.2 Å². The van der Waals surface area contributed by atoms with Crippen molar-refractivity contribution in [3.8, 4) is 0 Å². The molecule has 0 radical (unpaired) electrons. The molecule has 5 heteroatoms. The SMILES string of the molecule is Cc1ccc(S(=O)(=O)c2cc3c(ccc4ccccc43)oc2=O)cc1. The summed E-state index contributed by atoms with van der Waals surface area (Å²) in [5.41, 5.74) is 0.449. The Morgan fingerprint density at radius 3 is 2.32 bits per heavy atom. The van der Waals surface area contributed by atoms with Gasteiger partial charge in [-0.05, 0) is 42.0 Å². The van der Waals surface area contributed by atoms with E-state index in [1.807, 2.05) is 37.3 Å². The van der Waals surface area contributed by atoms with Gasteiger partial charge in [0.1, 0.15) is 5.58 Å². The zero-order valence-corrected chi connectivity index (χ0v) is 14.2. The quantitative estimate of drug-likeness (QED) is 0.403. The maximum atomic E-state index is 12.9. The normalized spacial score (nSPS) is 11.9. The highest BCUT2D eigenvalue weighted by molar-refractivity contribution is 7.91. The maximum absolute atomic E-state index is 12.9. The Labute approximate surface area is 144 Å². The fraction of sp³-hybridized carbons (Fsp3) is 0.0500. The van der Waals surface area contributed by atoms with Crippen molar-refractivity contribution in [2.45, 2.75) is 16.7 Å². The largest absolute Gasteiger partial charge is 0.422 e. The predicted molar refractivity (Wildman–Crippen MR) is 96.6 cm³/mol. The minimum Gasteiger partial charge on any atom is -0.422 e. The van der Waals surface area contributed by atoms with Crippen LogP contribution in [0, 0.1) is 6.92 Å². The van der Waals surface area contributed by atoms with Crippen LogP contribution in [0.2, 0.25) is 0 Å². The van der Waals surface area contributed by atoms with Crippen molar-refractivity contribution in [1.29, 1.82) is 0 Å². The van der Waals surface area contributed by atoms with Gasteiger partial charge >= 0.3 is 5.63 Å². The molecule has 0 N–H and O–H groups in total. The molecule has 4 aromatic rings. The van der Waals surface area contributed by atoms with Crippen LogP contribution in [-0.2, 0) is 9.84 Å². The Hall–Kier alpha value is -2.92. The van der Waals surface area contributed by atoms with Gasteiger partial charge < -0.3 is 4.42 Å². The Morgan fingerprint density at radius 1 is 0.840 bits per heavy atom. The maximum Gasteiger partial charge on any atom is 0.355 e. The molecule has 0 unspecified atom stereocenters. The molecule has 3 aromatic carbocycles. The Bertz CT molecular complexity index is 1270. The van der Waals surface area contributed by atoms with Gasteiger partial charge in [-0.3, -0.25) is 0 Å².